The molecule has 1 fully saturated rings. The predicted octanol–water partition coefficient (Wildman–Crippen LogP) is 1.58. The standard InChI is InChI=1S/C10H18N4/c1-6(2)9(11)10-13-12-7(3)14(10)8-4-5-8/h6,8-9H,4-5,11H2,1-3H3. The van der Waals surface area contributed by atoms with Gasteiger partial charge < -0.3 is 10.3 Å². The molecule has 0 radical (unpaired) electrons. The predicted molar refractivity (Wildman–Crippen MR) is 54.8 cm³/mol. The fraction of sp³-hybridized carbons (Fsp3) is 0.800. The van der Waals surface area contributed by atoms with Crippen LogP contribution in [0.1, 0.15) is 50.4 Å². The number of rotatable bonds is 3. The summed E-state index contributed by atoms with van der Waals surface area (Å²) < 4.78 is 2.21. The Labute approximate surface area is 84.5 Å². The van der Waals surface area contributed by atoms with Crippen molar-refractivity contribution in [3.63, 3.8) is 0 Å². The molecule has 2 N–H and O–H groups in total. The Morgan fingerprint density at radius 3 is 2.50 bits per heavy atom. The van der Waals surface area contributed by atoms with Crippen LogP contribution in [0.15, 0.2) is 0 Å². The summed E-state index contributed by atoms with van der Waals surface area (Å²) in [6.45, 7) is 6.24. The molecule has 4 heteroatoms. The highest BCUT2D eigenvalue weighted by atomic mass is 15.3. The normalized spacial score (nSPS) is 18.9. The molecule has 1 atom stereocenters. The first-order valence-corrected chi connectivity index (χ1v) is 5.28. The minimum Gasteiger partial charge on any atom is -0.321 e. The number of aromatic nitrogens is 3. The summed E-state index contributed by atoms with van der Waals surface area (Å²) in [6.07, 6.45) is 2.49. The molecule has 1 aliphatic carbocycles. The van der Waals surface area contributed by atoms with Gasteiger partial charge in [0.05, 0.1) is 6.04 Å². The monoisotopic (exact) mass is 194 g/mol. The van der Waals surface area contributed by atoms with Gasteiger partial charge in [-0.25, -0.2) is 0 Å². The Morgan fingerprint density at radius 1 is 1.36 bits per heavy atom. The molecule has 14 heavy (non-hydrogen) atoms. The Kier molecular flexibility index (Phi) is 2.31. The molecule has 0 saturated heterocycles. The van der Waals surface area contributed by atoms with E-state index in [0.29, 0.717) is 12.0 Å². The van der Waals surface area contributed by atoms with Gasteiger partial charge >= 0.3 is 0 Å². The Morgan fingerprint density at radius 2 is 2.00 bits per heavy atom. The van der Waals surface area contributed by atoms with Crippen LogP contribution in [0.5, 0.6) is 0 Å². The van der Waals surface area contributed by atoms with Crippen LogP contribution in [0.4, 0.5) is 0 Å². The van der Waals surface area contributed by atoms with E-state index in [-0.39, 0.29) is 6.04 Å². The maximum absolute atomic E-state index is 6.09. The first-order valence-electron chi connectivity index (χ1n) is 5.28. The zero-order chi connectivity index (χ0) is 10.3. The van der Waals surface area contributed by atoms with Crippen molar-refractivity contribution in [1.29, 1.82) is 0 Å². The average Bonchev–Trinajstić information content (AvgIpc) is 2.89. The van der Waals surface area contributed by atoms with Crippen LogP contribution in [0.3, 0.4) is 0 Å². The van der Waals surface area contributed by atoms with E-state index in [4.69, 9.17) is 5.73 Å². The van der Waals surface area contributed by atoms with Crippen LogP contribution in [-0.4, -0.2) is 14.8 Å². The molecular weight excluding hydrogens is 176 g/mol. The van der Waals surface area contributed by atoms with Crippen LogP contribution >= 0.6 is 0 Å². The summed E-state index contributed by atoms with van der Waals surface area (Å²) in [5, 5.41) is 8.30. The minimum atomic E-state index is 0.0109. The third-order valence-electron chi connectivity index (χ3n) is 2.82. The maximum Gasteiger partial charge on any atom is 0.150 e. The van der Waals surface area contributed by atoms with Crippen molar-refractivity contribution in [3.05, 3.63) is 11.6 Å². The fourth-order valence-electron chi connectivity index (χ4n) is 1.70. The Balaban J connectivity index is 2.32. The molecule has 0 spiro atoms. The molecule has 0 aliphatic heterocycles. The minimum absolute atomic E-state index is 0.0109. The van der Waals surface area contributed by atoms with E-state index in [1.807, 2.05) is 6.92 Å². The van der Waals surface area contributed by atoms with Gasteiger partial charge in [0.15, 0.2) is 0 Å². The van der Waals surface area contributed by atoms with Crippen LogP contribution < -0.4 is 5.73 Å². The largest absolute Gasteiger partial charge is 0.321 e. The average molecular weight is 194 g/mol. The molecule has 4 nitrogen and oxygen atoms in total. The third-order valence-corrected chi connectivity index (χ3v) is 2.82. The van der Waals surface area contributed by atoms with Gasteiger partial charge in [0.2, 0.25) is 0 Å². The molecule has 1 aromatic rings. The lowest BCUT2D eigenvalue weighted by Crippen LogP contribution is -2.21. The van der Waals surface area contributed by atoms with Crippen molar-refractivity contribution >= 4 is 0 Å². The fourth-order valence-corrected chi connectivity index (χ4v) is 1.70. The van der Waals surface area contributed by atoms with Gasteiger partial charge in [-0.15, -0.1) is 10.2 Å². The molecule has 2 rings (SSSR count). The van der Waals surface area contributed by atoms with Gasteiger partial charge in [-0.2, -0.15) is 0 Å². The van der Waals surface area contributed by atoms with E-state index in [1.165, 1.54) is 12.8 Å². The second kappa shape index (κ2) is 3.35. The van der Waals surface area contributed by atoms with Gasteiger partial charge in [0, 0.05) is 6.04 Å². The SMILES string of the molecule is Cc1nnc(C(N)C(C)C)n1C1CC1. The first kappa shape index (κ1) is 9.65. The van der Waals surface area contributed by atoms with Crippen LogP contribution in [0.2, 0.25) is 0 Å². The lowest BCUT2D eigenvalue weighted by Gasteiger charge is -2.16. The zero-order valence-electron chi connectivity index (χ0n) is 9.07. The van der Waals surface area contributed by atoms with Crippen LogP contribution in [0.25, 0.3) is 0 Å². The number of hydrogen-bond acceptors (Lipinski definition) is 3. The van der Waals surface area contributed by atoms with Gasteiger partial charge in [0.25, 0.3) is 0 Å². The smallest absolute Gasteiger partial charge is 0.150 e. The highest BCUT2D eigenvalue weighted by Crippen LogP contribution is 2.37. The van der Waals surface area contributed by atoms with Crippen molar-refractivity contribution in [2.75, 3.05) is 0 Å². The van der Waals surface area contributed by atoms with Crippen molar-refractivity contribution in [1.82, 2.24) is 14.8 Å². The zero-order valence-corrected chi connectivity index (χ0v) is 9.07. The maximum atomic E-state index is 6.09. The molecule has 0 aromatic carbocycles. The van der Waals surface area contributed by atoms with E-state index in [1.54, 1.807) is 0 Å². The quantitative estimate of drug-likeness (QED) is 0.794. The second-order valence-corrected chi connectivity index (χ2v) is 4.48. The summed E-state index contributed by atoms with van der Waals surface area (Å²) in [5.74, 6) is 2.37. The first-order chi connectivity index (χ1) is 6.61. The summed E-state index contributed by atoms with van der Waals surface area (Å²) in [4.78, 5) is 0. The summed E-state index contributed by atoms with van der Waals surface area (Å²) in [6, 6.07) is 0.626. The molecular formula is C10H18N4. The topological polar surface area (TPSA) is 56.7 Å². The molecule has 1 aromatic heterocycles. The van der Waals surface area contributed by atoms with Crippen LogP contribution in [0, 0.1) is 12.8 Å². The van der Waals surface area contributed by atoms with E-state index < -0.39 is 0 Å². The lowest BCUT2D eigenvalue weighted by molar-refractivity contribution is 0.464. The Hall–Kier alpha value is -0.900. The number of aryl methyl sites for hydroxylation is 1. The van der Waals surface area contributed by atoms with Gasteiger partial charge in [-0.1, -0.05) is 13.8 Å². The molecule has 1 aliphatic rings. The van der Waals surface area contributed by atoms with E-state index in [9.17, 15) is 0 Å². The highest BCUT2D eigenvalue weighted by molar-refractivity contribution is 5.05. The third kappa shape index (κ3) is 1.54. The number of hydrogen-bond donors (Lipinski definition) is 1. The summed E-state index contributed by atoms with van der Waals surface area (Å²) >= 11 is 0. The Bertz CT molecular complexity index is 325. The van der Waals surface area contributed by atoms with E-state index in [2.05, 4.69) is 28.6 Å². The van der Waals surface area contributed by atoms with Gasteiger partial charge in [-0.05, 0) is 25.7 Å². The molecule has 1 heterocycles. The van der Waals surface area contributed by atoms with E-state index >= 15 is 0 Å². The second-order valence-electron chi connectivity index (χ2n) is 4.48. The van der Waals surface area contributed by atoms with Crippen molar-refractivity contribution < 1.29 is 0 Å². The van der Waals surface area contributed by atoms with Crippen LogP contribution in [-0.2, 0) is 0 Å². The van der Waals surface area contributed by atoms with Crippen molar-refractivity contribution in [2.24, 2.45) is 11.7 Å². The molecule has 0 bridgehead atoms. The van der Waals surface area contributed by atoms with Gasteiger partial charge in [-0.3, -0.25) is 0 Å². The van der Waals surface area contributed by atoms with Crippen molar-refractivity contribution in [3.8, 4) is 0 Å². The molecule has 1 saturated carbocycles. The molecule has 78 valence electrons. The molecule has 1 unspecified atom stereocenters. The summed E-state index contributed by atoms with van der Waals surface area (Å²) in [5.41, 5.74) is 6.09. The highest BCUT2D eigenvalue weighted by Gasteiger charge is 2.30. The van der Waals surface area contributed by atoms with E-state index in [0.717, 1.165) is 11.6 Å². The number of nitrogens with two attached hydrogens (primary N) is 1. The lowest BCUT2D eigenvalue weighted by atomic mass is 10.1. The summed E-state index contributed by atoms with van der Waals surface area (Å²) in [7, 11) is 0. The van der Waals surface area contributed by atoms with Gasteiger partial charge in [0.1, 0.15) is 11.6 Å². The molecule has 0 amide bonds. The van der Waals surface area contributed by atoms with Crippen molar-refractivity contribution in [2.45, 2.75) is 45.7 Å². The number of nitrogens with zero attached hydrogens (tertiary/aromatic N) is 3.